The van der Waals surface area contributed by atoms with Gasteiger partial charge >= 0.3 is 0 Å². The monoisotopic (exact) mass is 353 g/mol. The molecule has 0 spiro atoms. The number of carbonyl (C=O) groups excluding carboxylic acids is 1. The minimum absolute atomic E-state index is 0.103. The second kappa shape index (κ2) is 7.47. The van der Waals surface area contributed by atoms with Crippen molar-refractivity contribution in [3.63, 3.8) is 0 Å². The fourth-order valence-corrected chi connectivity index (χ4v) is 3.87. The third kappa shape index (κ3) is 3.73. The summed E-state index contributed by atoms with van der Waals surface area (Å²) in [6.07, 6.45) is 6.97. The van der Waals surface area contributed by atoms with Gasteiger partial charge < -0.3 is 10.1 Å². The van der Waals surface area contributed by atoms with E-state index in [9.17, 15) is 4.79 Å². The zero-order chi connectivity index (χ0) is 17.9. The number of pyridine rings is 1. The Morgan fingerprint density at radius 2 is 2.23 bits per heavy atom. The highest BCUT2D eigenvalue weighted by atomic mass is 16.5. The van der Waals surface area contributed by atoms with Gasteiger partial charge in [0.25, 0.3) is 5.91 Å². The van der Waals surface area contributed by atoms with Gasteiger partial charge in [0.1, 0.15) is 6.10 Å². The van der Waals surface area contributed by atoms with E-state index in [-0.39, 0.29) is 12.0 Å². The average molecular weight is 353 g/mol. The standard InChI is InChI=1S/C19H23N5O2/c1-13-3-2-4-14(22-13)12-24-10-7-16-15(24)5-6-17(26-16)19(25)23-18-11-20-8-9-21-18/h2-4,8-9,11,15-17H,5-7,10,12H2,1H3,(H,21,23,25)/t15-,16-,17+/m0/s1. The maximum Gasteiger partial charge on any atom is 0.254 e. The number of hydrogen-bond donors (Lipinski definition) is 1. The van der Waals surface area contributed by atoms with Gasteiger partial charge in [-0.05, 0) is 38.3 Å². The van der Waals surface area contributed by atoms with Gasteiger partial charge in [-0.3, -0.25) is 19.7 Å². The maximum absolute atomic E-state index is 12.4. The lowest BCUT2D eigenvalue weighted by Crippen LogP contribution is -2.46. The molecule has 0 unspecified atom stereocenters. The summed E-state index contributed by atoms with van der Waals surface area (Å²) < 4.78 is 6.11. The lowest BCUT2D eigenvalue weighted by molar-refractivity contribution is -0.138. The normalized spacial score (nSPS) is 25.7. The Balaban J connectivity index is 1.35. The number of anilines is 1. The van der Waals surface area contributed by atoms with Crippen molar-refractivity contribution in [2.45, 2.75) is 51.0 Å². The average Bonchev–Trinajstić information content (AvgIpc) is 3.05. The van der Waals surface area contributed by atoms with E-state index in [2.05, 4.69) is 37.3 Å². The fourth-order valence-electron chi connectivity index (χ4n) is 3.87. The number of hydrogen-bond acceptors (Lipinski definition) is 6. The molecular weight excluding hydrogens is 330 g/mol. The predicted octanol–water partition coefficient (Wildman–Crippen LogP) is 1.94. The van der Waals surface area contributed by atoms with Crippen molar-refractivity contribution < 1.29 is 9.53 Å². The number of nitrogens with one attached hydrogen (secondary N) is 1. The van der Waals surface area contributed by atoms with E-state index in [1.165, 1.54) is 6.20 Å². The van der Waals surface area contributed by atoms with E-state index < -0.39 is 6.10 Å². The Kier molecular flexibility index (Phi) is 4.90. The first-order valence-corrected chi connectivity index (χ1v) is 9.08. The van der Waals surface area contributed by atoms with E-state index in [1.807, 2.05) is 13.0 Å². The number of fused-ring (bicyclic) bond motifs is 1. The van der Waals surface area contributed by atoms with Gasteiger partial charge in [0.05, 0.1) is 18.0 Å². The van der Waals surface area contributed by atoms with Crippen LogP contribution in [-0.4, -0.2) is 50.6 Å². The van der Waals surface area contributed by atoms with Crippen molar-refractivity contribution in [3.8, 4) is 0 Å². The summed E-state index contributed by atoms with van der Waals surface area (Å²) in [7, 11) is 0. The molecule has 0 aromatic carbocycles. The number of aryl methyl sites for hydroxylation is 1. The molecule has 4 heterocycles. The Morgan fingerprint density at radius 3 is 3.04 bits per heavy atom. The molecule has 2 aromatic heterocycles. The molecule has 2 aromatic rings. The highest BCUT2D eigenvalue weighted by molar-refractivity contribution is 5.93. The largest absolute Gasteiger partial charge is 0.363 e. The van der Waals surface area contributed by atoms with Crippen LogP contribution in [0.15, 0.2) is 36.8 Å². The number of amides is 1. The Morgan fingerprint density at radius 1 is 1.31 bits per heavy atom. The SMILES string of the molecule is Cc1cccc(CN2CC[C@@H]3O[C@@H](C(=O)Nc4cnccn4)CC[C@@H]32)n1. The number of ether oxygens (including phenoxy) is 1. The first-order valence-electron chi connectivity index (χ1n) is 9.08. The van der Waals surface area contributed by atoms with Crippen LogP contribution in [0.4, 0.5) is 5.82 Å². The predicted molar refractivity (Wildman–Crippen MR) is 96.3 cm³/mol. The van der Waals surface area contributed by atoms with Crippen LogP contribution in [0.3, 0.4) is 0 Å². The van der Waals surface area contributed by atoms with E-state index in [0.717, 1.165) is 37.3 Å². The summed E-state index contributed by atoms with van der Waals surface area (Å²) in [6, 6.07) is 6.49. The summed E-state index contributed by atoms with van der Waals surface area (Å²) in [5.74, 6) is 0.324. The molecule has 2 fully saturated rings. The van der Waals surface area contributed by atoms with E-state index in [1.54, 1.807) is 12.4 Å². The molecule has 1 amide bonds. The molecule has 136 valence electrons. The Labute approximate surface area is 152 Å². The van der Waals surface area contributed by atoms with Crippen LogP contribution in [-0.2, 0) is 16.1 Å². The molecule has 0 bridgehead atoms. The molecule has 3 atom stereocenters. The molecule has 1 N–H and O–H groups in total. The highest BCUT2D eigenvalue weighted by Crippen LogP contribution is 2.32. The summed E-state index contributed by atoms with van der Waals surface area (Å²) in [5, 5.41) is 2.79. The first-order chi connectivity index (χ1) is 12.7. The minimum atomic E-state index is -0.421. The second-order valence-corrected chi connectivity index (χ2v) is 6.92. The number of nitrogens with zero attached hydrogens (tertiary/aromatic N) is 4. The van der Waals surface area contributed by atoms with Gasteiger partial charge in [0.2, 0.25) is 0 Å². The van der Waals surface area contributed by atoms with Gasteiger partial charge in [-0.2, -0.15) is 0 Å². The molecule has 7 nitrogen and oxygen atoms in total. The topological polar surface area (TPSA) is 80.2 Å². The highest BCUT2D eigenvalue weighted by Gasteiger charge is 2.41. The van der Waals surface area contributed by atoms with Crippen molar-refractivity contribution in [1.82, 2.24) is 19.9 Å². The van der Waals surface area contributed by atoms with Gasteiger partial charge in [0.15, 0.2) is 5.82 Å². The Hall–Kier alpha value is -2.38. The lowest BCUT2D eigenvalue weighted by Gasteiger charge is -2.35. The summed E-state index contributed by atoms with van der Waals surface area (Å²) >= 11 is 0. The van der Waals surface area contributed by atoms with Crippen LogP contribution in [0.5, 0.6) is 0 Å². The first kappa shape index (κ1) is 17.1. The van der Waals surface area contributed by atoms with Gasteiger partial charge in [-0.25, -0.2) is 4.98 Å². The molecule has 2 aliphatic heterocycles. The van der Waals surface area contributed by atoms with Crippen molar-refractivity contribution in [2.75, 3.05) is 11.9 Å². The molecular formula is C19H23N5O2. The number of carbonyl (C=O) groups is 1. The number of likely N-dealkylation sites (tertiary alicyclic amines) is 1. The van der Waals surface area contributed by atoms with Gasteiger partial charge in [0, 0.05) is 37.2 Å². The molecule has 7 heteroatoms. The summed E-state index contributed by atoms with van der Waals surface area (Å²) in [4.78, 5) is 27.5. The van der Waals surface area contributed by atoms with Crippen LogP contribution >= 0.6 is 0 Å². The number of rotatable bonds is 4. The zero-order valence-corrected chi connectivity index (χ0v) is 14.8. The van der Waals surface area contributed by atoms with Crippen molar-refractivity contribution >= 4 is 11.7 Å². The van der Waals surface area contributed by atoms with E-state index in [0.29, 0.717) is 18.3 Å². The molecule has 2 saturated heterocycles. The van der Waals surface area contributed by atoms with E-state index >= 15 is 0 Å². The van der Waals surface area contributed by atoms with Crippen LogP contribution in [0.2, 0.25) is 0 Å². The zero-order valence-electron chi connectivity index (χ0n) is 14.8. The molecule has 2 aliphatic rings. The third-order valence-corrected chi connectivity index (χ3v) is 5.08. The second-order valence-electron chi connectivity index (χ2n) is 6.92. The molecule has 0 radical (unpaired) electrons. The van der Waals surface area contributed by atoms with Crippen LogP contribution in [0.1, 0.15) is 30.7 Å². The van der Waals surface area contributed by atoms with Crippen LogP contribution in [0.25, 0.3) is 0 Å². The molecule has 0 saturated carbocycles. The van der Waals surface area contributed by atoms with Crippen molar-refractivity contribution in [1.29, 1.82) is 0 Å². The maximum atomic E-state index is 12.4. The van der Waals surface area contributed by atoms with E-state index in [4.69, 9.17) is 4.74 Å². The third-order valence-electron chi connectivity index (χ3n) is 5.08. The molecule has 26 heavy (non-hydrogen) atoms. The van der Waals surface area contributed by atoms with Gasteiger partial charge in [-0.15, -0.1) is 0 Å². The Bertz CT molecular complexity index is 770. The minimum Gasteiger partial charge on any atom is -0.363 e. The van der Waals surface area contributed by atoms with Gasteiger partial charge in [-0.1, -0.05) is 6.07 Å². The van der Waals surface area contributed by atoms with Crippen LogP contribution < -0.4 is 5.32 Å². The number of aromatic nitrogens is 3. The summed E-state index contributed by atoms with van der Waals surface area (Å²) in [6.45, 7) is 3.83. The fraction of sp³-hybridized carbons (Fsp3) is 0.474. The van der Waals surface area contributed by atoms with Crippen molar-refractivity contribution in [2.24, 2.45) is 0 Å². The quantitative estimate of drug-likeness (QED) is 0.905. The molecule has 0 aliphatic carbocycles. The van der Waals surface area contributed by atoms with Crippen LogP contribution in [0, 0.1) is 6.92 Å². The summed E-state index contributed by atoms with van der Waals surface area (Å²) in [5.41, 5.74) is 2.13. The molecule has 4 rings (SSSR count). The lowest BCUT2D eigenvalue weighted by atomic mass is 9.98. The van der Waals surface area contributed by atoms with Crippen molar-refractivity contribution in [3.05, 3.63) is 48.2 Å². The smallest absolute Gasteiger partial charge is 0.254 e.